The summed E-state index contributed by atoms with van der Waals surface area (Å²) in [5.74, 6) is 0.856. The second-order valence-electron chi connectivity index (χ2n) is 4.10. The molecule has 1 aliphatic heterocycles. The molecule has 0 amide bonds. The highest BCUT2D eigenvalue weighted by atomic mass is 16.5. The van der Waals surface area contributed by atoms with Crippen LogP contribution in [0.25, 0.3) is 0 Å². The van der Waals surface area contributed by atoms with Gasteiger partial charge < -0.3 is 10.1 Å². The highest BCUT2D eigenvalue weighted by molar-refractivity contribution is 5.09. The third-order valence-electron chi connectivity index (χ3n) is 2.79. The Hall–Kier alpha value is -1.03. The van der Waals surface area contributed by atoms with Crippen molar-refractivity contribution in [1.82, 2.24) is 15.1 Å². The highest BCUT2D eigenvalue weighted by Gasteiger charge is 2.29. The Labute approximate surface area is 84.3 Å². The van der Waals surface area contributed by atoms with Crippen LogP contribution in [0.5, 0.6) is 5.88 Å². The molecule has 1 aliphatic rings. The average molecular weight is 195 g/mol. The number of aryl methyl sites for hydroxylation is 1. The Morgan fingerprint density at radius 2 is 2.21 bits per heavy atom. The van der Waals surface area contributed by atoms with E-state index in [9.17, 15) is 0 Å². The van der Waals surface area contributed by atoms with Crippen molar-refractivity contribution in [3.63, 3.8) is 0 Å². The van der Waals surface area contributed by atoms with Crippen molar-refractivity contribution in [1.29, 1.82) is 0 Å². The number of hydrogen-bond donors (Lipinski definition) is 1. The molecule has 1 aromatic rings. The number of ether oxygens (including phenoxy) is 1. The maximum absolute atomic E-state index is 5.97. The van der Waals surface area contributed by atoms with Gasteiger partial charge in [-0.15, -0.1) is 0 Å². The van der Waals surface area contributed by atoms with Gasteiger partial charge in [-0.05, 0) is 32.9 Å². The smallest absolute Gasteiger partial charge is 0.211 e. The molecule has 2 rings (SSSR count). The van der Waals surface area contributed by atoms with Crippen molar-refractivity contribution in [3.05, 3.63) is 12.3 Å². The van der Waals surface area contributed by atoms with Gasteiger partial charge in [0.15, 0.2) is 0 Å². The third-order valence-corrected chi connectivity index (χ3v) is 2.79. The van der Waals surface area contributed by atoms with Gasteiger partial charge in [0.05, 0.1) is 6.20 Å². The summed E-state index contributed by atoms with van der Waals surface area (Å²) < 4.78 is 7.75. The number of piperidine rings is 1. The molecule has 78 valence electrons. The molecule has 0 unspecified atom stereocenters. The number of nitrogens with zero attached hydrogens (tertiary/aromatic N) is 2. The predicted octanol–water partition coefficient (Wildman–Crippen LogP) is 0.941. The molecule has 0 bridgehead atoms. The molecule has 4 nitrogen and oxygen atoms in total. The molecule has 1 aromatic heterocycles. The van der Waals surface area contributed by atoms with Crippen LogP contribution in [0.1, 0.15) is 19.8 Å². The van der Waals surface area contributed by atoms with E-state index < -0.39 is 0 Å². The van der Waals surface area contributed by atoms with Gasteiger partial charge in [0.1, 0.15) is 5.60 Å². The topological polar surface area (TPSA) is 39.1 Å². The lowest BCUT2D eigenvalue weighted by Crippen LogP contribution is -2.44. The van der Waals surface area contributed by atoms with Crippen molar-refractivity contribution in [2.75, 3.05) is 13.1 Å². The minimum Gasteiger partial charge on any atom is -0.471 e. The Balaban J connectivity index is 2.05. The van der Waals surface area contributed by atoms with Crippen LogP contribution in [-0.4, -0.2) is 28.5 Å². The average Bonchev–Trinajstić information content (AvgIpc) is 2.52. The summed E-state index contributed by atoms with van der Waals surface area (Å²) >= 11 is 0. The van der Waals surface area contributed by atoms with Crippen LogP contribution in [-0.2, 0) is 7.05 Å². The molecule has 14 heavy (non-hydrogen) atoms. The van der Waals surface area contributed by atoms with Gasteiger partial charge in [-0.3, -0.25) is 0 Å². The zero-order valence-electron chi connectivity index (χ0n) is 8.79. The standard InChI is InChI=1S/C10H17N3O/c1-10(4-7-11-8-5-10)14-9-3-6-12-13(9)2/h3,6,11H,4-5,7-8H2,1-2H3. The summed E-state index contributed by atoms with van der Waals surface area (Å²) in [6.07, 6.45) is 3.87. The summed E-state index contributed by atoms with van der Waals surface area (Å²) in [7, 11) is 1.90. The lowest BCUT2D eigenvalue weighted by Gasteiger charge is -2.34. The maximum atomic E-state index is 5.97. The second kappa shape index (κ2) is 3.61. The number of nitrogens with one attached hydrogen (secondary N) is 1. The number of aromatic nitrogens is 2. The first-order valence-corrected chi connectivity index (χ1v) is 5.07. The van der Waals surface area contributed by atoms with Crippen LogP contribution in [0.3, 0.4) is 0 Å². The number of hydrogen-bond acceptors (Lipinski definition) is 3. The Bertz CT molecular complexity index is 302. The summed E-state index contributed by atoms with van der Waals surface area (Å²) in [5, 5.41) is 7.42. The van der Waals surface area contributed by atoms with Crippen LogP contribution in [0.4, 0.5) is 0 Å². The van der Waals surface area contributed by atoms with Gasteiger partial charge in [0, 0.05) is 13.1 Å². The highest BCUT2D eigenvalue weighted by Crippen LogP contribution is 2.24. The molecule has 0 aliphatic carbocycles. The Kier molecular flexibility index (Phi) is 2.46. The molecule has 1 saturated heterocycles. The molecule has 1 fully saturated rings. The first-order chi connectivity index (χ1) is 6.70. The van der Waals surface area contributed by atoms with Crippen LogP contribution in [0.15, 0.2) is 12.3 Å². The summed E-state index contributed by atoms with van der Waals surface area (Å²) in [5.41, 5.74) is -0.0287. The van der Waals surface area contributed by atoms with Gasteiger partial charge >= 0.3 is 0 Å². The van der Waals surface area contributed by atoms with E-state index in [4.69, 9.17) is 4.74 Å². The van der Waals surface area contributed by atoms with E-state index in [0.29, 0.717) is 0 Å². The molecule has 2 heterocycles. The Morgan fingerprint density at radius 1 is 1.50 bits per heavy atom. The van der Waals surface area contributed by atoms with E-state index in [1.54, 1.807) is 10.9 Å². The van der Waals surface area contributed by atoms with Gasteiger partial charge in [-0.2, -0.15) is 5.10 Å². The van der Waals surface area contributed by atoms with E-state index in [1.807, 2.05) is 13.1 Å². The Morgan fingerprint density at radius 3 is 2.79 bits per heavy atom. The summed E-state index contributed by atoms with van der Waals surface area (Å²) in [4.78, 5) is 0. The fraction of sp³-hybridized carbons (Fsp3) is 0.700. The van der Waals surface area contributed by atoms with Crippen LogP contribution in [0.2, 0.25) is 0 Å². The fourth-order valence-corrected chi connectivity index (χ4v) is 1.77. The van der Waals surface area contributed by atoms with Gasteiger partial charge in [0.25, 0.3) is 0 Å². The second-order valence-corrected chi connectivity index (χ2v) is 4.10. The van der Waals surface area contributed by atoms with Crippen molar-refractivity contribution >= 4 is 0 Å². The maximum Gasteiger partial charge on any atom is 0.211 e. The molecule has 1 N–H and O–H groups in total. The van der Waals surface area contributed by atoms with E-state index in [0.717, 1.165) is 31.8 Å². The van der Waals surface area contributed by atoms with Gasteiger partial charge in [0.2, 0.25) is 5.88 Å². The van der Waals surface area contributed by atoms with E-state index >= 15 is 0 Å². The molecular formula is C10H17N3O. The molecule has 0 saturated carbocycles. The fourth-order valence-electron chi connectivity index (χ4n) is 1.77. The third kappa shape index (κ3) is 1.90. The van der Waals surface area contributed by atoms with Gasteiger partial charge in [-0.25, -0.2) is 4.68 Å². The molecule has 0 spiro atoms. The first kappa shape index (κ1) is 9.52. The van der Waals surface area contributed by atoms with Gasteiger partial charge in [-0.1, -0.05) is 0 Å². The quantitative estimate of drug-likeness (QED) is 0.763. The predicted molar refractivity (Wildman–Crippen MR) is 54.3 cm³/mol. The van der Waals surface area contributed by atoms with E-state index in [2.05, 4.69) is 17.3 Å². The van der Waals surface area contributed by atoms with E-state index in [1.165, 1.54) is 0 Å². The largest absolute Gasteiger partial charge is 0.471 e. The molecule has 0 atom stereocenters. The van der Waals surface area contributed by atoms with Crippen molar-refractivity contribution in [2.24, 2.45) is 7.05 Å². The van der Waals surface area contributed by atoms with Crippen LogP contribution in [0, 0.1) is 0 Å². The van der Waals surface area contributed by atoms with Crippen LogP contribution < -0.4 is 10.1 Å². The zero-order valence-corrected chi connectivity index (χ0v) is 8.79. The number of rotatable bonds is 2. The zero-order chi connectivity index (χ0) is 10.0. The molecular weight excluding hydrogens is 178 g/mol. The molecule has 0 aromatic carbocycles. The molecule has 0 radical (unpaired) electrons. The van der Waals surface area contributed by atoms with Crippen molar-refractivity contribution < 1.29 is 4.74 Å². The minimum atomic E-state index is -0.0287. The lowest BCUT2D eigenvalue weighted by atomic mass is 9.95. The minimum absolute atomic E-state index is 0.0287. The van der Waals surface area contributed by atoms with Crippen LogP contribution >= 0.6 is 0 Å². The summed E-state index contributed by atoms with van der Waals surface area (Å²) in [6, 6.07) is 1.91. The first-order valence-electron chi connectivity index (χ1n) is 5.07. The SMILES string of the molecule is Cn1nccc1OC1(C)CCNCC1. The van der Waals surface area contributed by atoms with Crippen molar-refractivity contribution in [3.8, 4) is 5.88 Å². The van der Waals surface area contributed by atoms with Crippen molar-refractivity contribution in [2.45, 2.75) is 25.4 Å². The molecule has 4 heteroatoms. The monoisotopic (exact) mass is 195 g/mol. The summed E-state index contributed by atoms with van der Waals surface area (Å²) in [6.45, 7) is 4.24. The lowest BCUT2D eigenvalue weighted by molar-refractivity contribution is 0.0465. The normalized spacial score (nSPS) is 20.7. The van der Waals surface area contributed by atoms with E-state index in [-0.39, 0.29) is 5.60 Å².